The maximum absolute atomic E-state index is 12.7. The summed E-state index contributed by atoms with van der Waals surface area (Å²) in [6.45, 7) is 2.47. The van der Waals surface area contributed by atoms with Gasteiger partial charge in [-0.15, -0.1) is 0 Å². The van der Waals surface area contributed by atoms with Gasteiger partial charge in [-0.05, 0) is 19.8 Å². The maximum Gasteiger partial charge on any atom is 0.214 e. The Morgan fingerprint density at radius 2 is 2.17 bits per heavy atom. The Morgan fingerprint density at radius 3 is 2.67 bits per heavy atom. The number of rotatable bonds is 4. The topological polar surface area (TPSA) is 44.1 Å². The molecular weight excluding hydrogens is 252 g/mol. The van der Waals surface area contributed by atoms with Gasteiger partial charge in [-0.1, -0.05) is 30.9 Å². The minimum atomic E-state index is -0.690. The summed E-state index contributed by atoms with van der Waals surface area (Å²) in [6, 6.07) is 0. The molecule has 0 radical (unpaired) electrons. The van der Waals surface area contributed by atoms with Gasteiger partial charge in [0.1, 0.15) is 11.3 Å². The van der Waals surface area contributed by atoms with Crippen LogP contribution in [-0.4, -0.2) is 27.8 Å². The van der Waals surface area contributed by atoms with Crippen LogP contribution in [0.1, 0.15) is 49.5 Å². The number of Topliss-reactive ketones (excluding diaryl/α,β-unsaturated/α-hetero) is 1. The predicted molar refractivity (Wildman–Crippen MR) is 70.0 cm³/mol. The Hall–Kier alpha value is -0.870. The molecule has 0 N–H and O–H groups in total. The SMILES string of the molecule is CCOC1(C(=O)c2c(Cl)cnn2C)CCCCC1. The van der Waals surface area contributed by atoms with E-state index in [-0.39, 0.29) is 5.78 Å². The molecule has 0 amide bonds. The Kier molecular flexibility index (Phi) is 4.07. The van der Waals surface area contributed by atoms with Gasteiger partial charge in [-0.2, -0.15) is 5.10 Å². The summed E-state index contributed by atoms with van der Waals surface area (Å²) in [5.74, 6) is -0.0194. The summed E-state index contributed by atoms with van der Waals surface area (Å²) in [5.41, 5.74) is -0.225. The highest BCUT2D eigenvalue weighted by atomic mass is 35.5. The minimum Gasteiger partial charge on any atom is -0.367 e. The molecular formula is C13H19ClN2O2. The molecule has 0 atom stereocenters. The Morgan fingerprint density at radius 1 is 1.50 bits per heavy atom. The number of carbonyl (C=O) groups is 1. The van der Waals surface area contributed by atoms with E-state index in [0.29, 0.717) is 17.3 Å². The second-order valence-corrected chi connectivity index (χ2v) is 5.19. The van der Waals surface area contributed by atoms with Crippen molar-refractivity contribution in [2.75, 3.05) is 6.61 Å². The molecule has 18 heavy (non-hydrogen) atoms. The summed E-state index contributed by atoms with van der Waals surface area (Å²) in [7, 11) is 1.74. The molecule has 4 nitrogen and oxygen atoms in total. The lowest BCUT2D eigenvalue weighted by Gasteiger charge is -2.35. The van der Waals surface area contributed by atoms with Crippen LogP contribution in [0.5, 0.6) is 0 Å². The highest BCUT2D eigenvalue weighted by Crippen LogP contribution is 2.35. The molecule has 0 bridgehead atoms. The molecule has 1 heterocycles. The molecule has 0 unspecified atom stereocenters. The molecule has 0 spiro atoms. The van der Waals surface area contributed by atoms with Crippen LogP contribution < -0.4 is 0 Å². The van der Waals surface area contributed by atoms with Crippen LogP contribution in [0, 0.1) is 0 Å². The van der Waals surface area contributed by atoms with Gasteiger partial charge in [0.2, 0.25) is 5.78 Å². The van der Waals surface area contributed by atoms with Crippen LogP contribution in [0.2, 0.25) is 5.02 Å². The van der Waals surface area contributed by atoms with Crippen molar-refractivity contribution < 1.29 is 9.53 Å². The molecule has 1 aromatic heterocycles. The number of ether oxygens (including phenoxy) is 1. The summed E-state index contributed by atoms with van der Waals surface area (Å²) < 4.78 is 7.36. The van der Waals surface area contributed by atoms with Gasteiger partial charge in [0.05, 0.1) is 11.2 Å². The standard InChI is InChI=1S/C13H19ClN2O2/c1-3-18-13(7-5-4-6-8-13)12(17)11-10(14)9-15-16(11)2/h9H,3-8H2,1-2H3. The van der Waals surface area contributed by atoms with Crippen molar-refractivity contribution in [2.24, 2.45) is 7.05 Å². The van der Waals surface area contributed by atoms with Crippen molar-refractivity contribution in [3.63, 3.8) is 0 Å². The van der Waals surface area contributed by atoms with Gasteiger partial charge in [-0.3, -0.25) is 9.48 Å². The van der Waals surface area contributed by atoms with Crippen LogP contribution in [-0.2, 0) is 11.8 Å². The van der Waals surface area contributed by atoms with E-state index in [9.17, 15) is 4.79 Å². The van der Waals surface area contributed by atoms with E-state index >= 15 is 0 Å². The van der Waals surface area contributed by atoms with E-state index in [1.54, 1.807) is 11.7 Å². The van der Waals surface area contributed by atoms with Gasteiger partial charge in [-0.25, -0.2) is 0 Å². The van der Waals surface area contributed by atoms with Crippen molar-refractivity contribution in [1.82, 2.24) is 9.78 Å². The Labute approximate surface area is 112 Å². The van der Waals surface area contributed by atoms with E-state index < -0.39 is 5.60 Å². The minimum absolute atomic E-state index is 0.0194. The van der Waals surface area contributed by atoms with Gasteiger partial charge >= 0.3 is 0 Å². The third-order valence-corrected chi connectivity index (χ3v) is 3.88. The van der Waals surface area contributed by atoms with E-state index in [4.69, 9.17) is 16.3 Å². The van der Waals surface area contributed by atoms with E-state index in [0.717, 1.165) is 25.7 Å². The number of halogens is 1. The van der Waals surface area contributed by atoms with Gasteiger partial charge in [0.15, 0.2) is 0 Å². The lowest BCUT2D eigenvalue weighted by molar-refractivity contribution is -0.0416. The number of ketones is 1. The first-order valence-electron chi connectivity index (χ1n) is 6.47. The van der Waals surface area contributed by atoms with Crippen LogP contribution in [0.25, 0.3) is 0 Å². The molecule has 0 saturated heterocycles. The molecule has 1 aliphatic rings. The molecule has 100 valence electrons. The maximum atomic E-state index is 12.7. The molecule has 1 fully saturated rings. The van der Waals surface area contributed by atoms with Crippen LogP contribution >= 0.6 is 11.6 Å². The van der Waals surface area contributed by atoms with Crippen LogP contribution in [0.15, 0.2) is 6.20 Å². The number of nitrogens with zero attached hydrogens (tertiary/aromatic N) is 2. The van der Waals surface area contributed by atoms with Gasteiger partial charge in [0, 0.05) is 13.7 Å². The average molecular weight is 271 g/mol. The quantitative estimate of drug-likeness (QED) is 0.790. The average Bonchev–Trinajstić information content (AvgIpc) is 2.70. The molecule has 1 aromatic rings. The fraction of sp³-hybridized carbons (Fsp3) is 0.692. The third kappa shape index (κ3) is 2.31. The van der Waals surface area contributed by atoms with Gasteiger partial charge < -0.3 is 4.74 Å². The van der Waals surface area contributed by atoms with Gasteiger partial charge in [0.25, 0.3) is 0 Å². The summed E-state index contributed by atoms with van der Waals surface area (Å²) in [6.07, 6.45) is 6.29. The van der Waals surface area contributed by atoms with Crippen molar-refractivity contribution >= 4 is 17.4 Å². The Bertz CT molecular complexity index is 411. The van der Waals surface area contributed by atoms with E-state index in [1.807, 2.05) is 6.92 Å². The van der Waals surface area contributed by atoms with E-state index in [1.165, 1.54) is 12.6 Å². The molecule has 0 aromatic carbocycles. The summed E-state index contributed by atoms with van der Waals surface area (Å²) >= 11 is 6.06. The summed E-state index contributed by atoms with van der Waals surface area (Å²) in [4.78, 5) is 12.7. The first-order chi connectivity index (χ1) is 8.60. The molecule has 1 aliphatic carbocycles. The second-order valence-electron chi connectivity index (χ2n) is 4.78. The highest BCUT2D eigenvalue weighted by Gasteiger charge is 2.42. The normalized spacial score (nSPS) is 18.8. The smallest absolute Gasteiger partial charge is 0.214 e. The van der Waals surface area contributed by atoms with E-state index in [2.05, 4.69) is 5.10 Å². The molecule has 2 rings (SSSR count). The summed E-state index contributed by atoms with van der Waals surface area (Å²) in [5, 5.41) is 4.44. The first kappa shape index (κ1) is 13.6. The number of aromatic nitrogens is 2. The lowest BCUT2D eigenvalue weighted by Crippen LogP contribution is -2.44. The lowest BCUT2D eigenvalue weighted by atomic mass is 9.80. The second kappa shape index (κ2) is 5.41. The van der Waals surface area contributed by atoms with Crippen molar-refractivity contribution in [1.29, 1.82) is 0 Å². The molecule has 0 aliphatic heterocycles. The predicted octanol–water partition coefficient (Wildman–Crippen LogP) is 3.00. The highest BCUT2D eigenvalue weighted by molar-refractivity contribution is 6.34. The number of aryl methyl sites for hydroxylation is 1. The fourth-order valence-electron chi connectivity index (χ4n) is 2.72. The zero-order valence-corrected chi connectivity index (χ0v) is 11.7. The van der Waals surface area contributed by atoms with Crippen molar-refractivity contribution in [2.45, 2.75) is 44.6 Å². The number of hydrogen-bond donors (Lipinski definition) is 0. The Balaban J connectivity index is 2.34. The van der Waals surface area contributed by atoms with Crippen LogP contribution in [0.4, 0.5) is 0 Å². The number of carbonyl (C=O) groups excluding carboxylic acids is 1. The monoisotopic (exact) mass is 270 g/mol. The third-order valence-electron chi connectivity index (χ3n) is 3.60. The van der Waals surface area contributed by atoms with Crippen LogP contribution in [0.3, 0.4) is 0 Å². The zero-order valence-electron chi connectivity index (χ0n) is 10.9. The van der Waals surface area contributed by atoms with Crippen molar-refractivity contribution in [3.05, 3.63) is 16.9 Å². The molecule has 5 heteroatoms. The fourth-order valence-corrected chi connectivity index (χ4v) is 2.97. The molecule has 1 saturated carbocycles. The number of hydrogen-bond acceptors (Lipinski definition) is 3. The largest absolute Gasteiger partial charge is 0.367 e. The van der Waals surface area contributed by atoms with Crippen molar-refractivity contribution in [3.8, 4) is 0 Å². The zero-order chi connectivity index (χ0) is 13.2. The first-order valence-corrected chi connectivity index (χ1v) is 6.85.